The van der Waals surface area contributed by atoms with Gasteiger partial charge >= 0.3 is 0 Å². The molecule has 2 aromatic carbocycles. The minimum absolute atomic E-state index is 0.0222. The van der Waals surface area contributed by atoms with E-state index in [0.29, 0.717) is 23.7 Å². The zero-order valence-corrected chi connectivity index (χ0v) is 17.7. The monoisotopic (exact) mass is 424 g/mol. The minimum Gasteiger partial charge on any atom is -0.345 e. The van der Waals surface area contributed by atoms with Crippen molar-refractivity contribution in [1.29, 1.82) is 0 Å². The Morgan fingerprint density at radius 2 is 1.83 bits per heavy atom. The Labute approximate surface area is 182 Å². The van der Waals surface area contributed by atoms with Gasteiger partial charge in [-0.1, -0.05) is 55.1 Å². The van der Waals surface area contributed by atoms with Crippen molar-refractivity contribution in [3.05, 3.63) is 94.5 Å². The number of hydrogen-bond acceptors (Lipinski definition) is 1. The van der Waals surface area contributed by atoms with Crippen LogP contribution in [0.3, 0.4) is 0 Å². The number of benzene rings is 2. The van der Waals surface area contributed by atoms with Gasteiger partial charge in [0.05, 0.1) is 17.1 Å². The number of hydrogen-bond donors (Lipinski definition) is 0. The van der Waals surface area contributed by atoms with Crippen molar-refractivity contribution in [2.24, 2.45) is 0 Å². The molecule has 1 heterocycles. The number of nitrogens with zero attached hydrogens (tertiary/aromatic N) is 2. The lowest BCUT2D eigenvalue weighted by Crippen LogP contribution is -2.41. The highest BCUT2D eigenvalue weighted by atomic mass is 35.5. The third-order valence-electron chi connectivity index (χ3n) is 5.88. The molecule has 0 saturated heterocycles. The van der Waals surface area contributed by atoms with Crippen molar-refractivity contribution in [2.45, 2.75) is 51.2 Å². The quantitative estimate of drug-likeness (QED) is 0.455. The van der Waals surface area contributed by atoms with Gasteiger partial charge in [-0.15, -0.1) is 0 Å². The fourth-order valence-electron chi connectivity index (χ4n) is 4.30. The Hall–Kier alpha value is -2.59. The lowest BCUT2D eigenvalue weighted by atomic mass is 9.93. The van der Waals surface area contributed by atoms with Crippen LogP contribution in [0.5, 0.6) is 0 Å². The first kappa shape index (κ1) is 20.7. The predicted octanol–water partition coefficient (Wildman–Crippen LogP) is 6.30. The molecule has 156 valence electrons. The summed E-state index contributed by atoms with van der Waals surface area (Å²) in [6.45, 7) is 1.08. The number of halogens is 2. The van der Waals surface area contributed by atoms with Crippen molar-refractivity contribution < 1.29 is 9.18 Å². The van der Waals surface area contributed by atoms with Gasteiger partial charge in [0.2, 0.25) is 0 Å². The molecule has 5 heteroatoms. The number of carbonyl (C=O) groups is 1. The van der Waals surface area contributed by atoms with Gasteiger partial charge < -0.3 is 9.47 Å². The molecule has 0 radical (unpaired) electrons. The van der Waals surface area contributed by atoms with Crippen molar-refractivity contribution in [3.63, 3.8) is 0 Å². The largest absolute Gasteiger partial charge is 0.345 e. The van der Waals surface area contributed by atoms with E-state index in [9.17, 15) is 9.18 Å². The second-order valence-corrected chi connectivity index (χ2v) is 8.37. The van der Waals surface area contributed by atoms with Crippen molar-refractivity contribution in [3.8, 4) is 0 Å². The highest BCUT2D eigenvalue weighted by Crippen LogP contribution is 2.28. The molecule has 3 nitrogen and oxygen atoms in total. The molecule has 1 saturated carbocycles. The van der Waals surface area contributed by atoms with Gasteiger partial charge in [0.25, 0.3) is 5.91 Å². The number of aromatic nitrogens is 1. The summed E-state index contributed by atoms with van der Waals surface area (Å²) in [5.74, 6) is -0.259. The first-order valence-corrected chi connectivity index (χ1v) is 10.9. The topological polar surface area (TPSA) is 25.2 Å². The molecular formula is C25H26ClFN2O. The third kappa shape index (κ3) is 4.76. The maximum atomic E-state index is 13.6. The summed E-state index contributed by atoms with van der Waals surface area (Å²) in [4.78, 5) is 15.5. The summed E-state index contributed by atoms with van der Waals surface area (Å²) in [6.07, 6.45) is 7.52. The van der Waals surface area contributed by atoms with Gasteiger partial charge in [-0.05, 0) is 54.8 Å². The lowest BCUT2D eigenvalue weighted by Gasteiger charge is -2.35. The Bertz CT molecular complexity index is 1010. The number of rotatable bonds is 6. The maximum absolute atomic E-state index is 13.6. The van der Waals surface area contributed by atoms with E-state index in [1.807, 2.05) is 41.4 Å². The molecule has 1 fully saturated rings. The van der Waals surface area contributed by atoms with Gasteiger partial charge in [-0.25, -0.2) is 4.39 Å². The van der Waals surface area contributed by atoms with Gasteiger partial charge in [-0.2, -0.15) is 0 Å². The van der Waals surface area contributed by atoms with E-state index in [4.69, 9.17) is 11.6 Å². The molecular weight excluding hydrogens is 399 g/mol. The van der Waals surface area contributed by atoms with Gasteiger partial charge in [0.1, 0.15) is 5.82 Å². The van der Waals surface area contributed by atoms with Crippen molar-refractivity contribution in [1.82, 2.24) is 9.47 Å². The fourth-order valence-corrected chi connectivity index (χ4v) is 4.52. The maximum Gasteiger partial charge on any atom is 0.255 e. The van der Waals surface area contributed by atoms with Crippen LogP contribution >= 0.6 is 11.6 Å². The van der Waals surface area contributed by atoms with Gasteiger partial charge in [0, 0.05) is 24.5 Å². The molecule has 30 heavy (non-hydrogen) atoms. The second kappa shape index (κ2) is 9.48. The first-order chi connectivity index (χ1) is 14.6. The Kier molecular flexibility index (Phi) is 6.53. The van der Waals surface area contributed by atoms with Crippen LogP contribution in [-0.4, -0.2) is 21.4 Å². The molecule has 3 aromatic rings. The Morgan fingerprint density at radius 3 is 2.60 bits per heavy atom. The fraction of sp³-hybridized carbons (Fsp3) is 0.320. The number of amides is 1. The SMILES string of the molecule is O=C(c1ccccc1Cl)N(Cc1cccn1Cc1cccc(F)c1)C1CCCCC1. The molecule has 1 aliphatic rings. The van der Waals surface area contributed by atoms with Crippen molar-refractivity contribution in [2.75, 3.05) is 0 Å². The van der Waals surface area contributed by atoms with Crippen LogP contribution in [0.15, 0.2) is 66.9 Å². The van der Waals surface area contributed by atoms with Gasteiger partial charge in [-0.3, -0.25) is 4.79 Å². The van der Waals surface area contributed by atoms with Crippen LogP contribution in [0.25, 0.3) is 0 Å². The molecule has 1 aromatic heterocycles. The second-order valence-electron chi connectivity index (χ2n) is 7.96. The lowest BCUT2D eigenvalue weighted by molar-refractivity contribution is 0.0609. The van der Waals surface area contributed by atoms with Crippen LogP contribution in [0, 0.1) is 5.82 Å². The molecule has 0 bridgehead atoms. The summed E-state index contributed by atoms with van der Waals surface area (Å²) in [7, 11) is 0. The Morgan fingerprint density at radius 1 is 1.03 bits per heavy atom. The molecule has 0 spiro atoms. The minimum atomic E-state index is -0.237. The van der Waals surface area contributed by atoms with Crippen LogP contribution < -0.4 is 0 Å². The van der Waals surface area contributed by atoms with E-state index in [-0.39, 0.29) is 17.8 Å². The molecule has 1 aliphatic carbocycles. The van der Waals surface area contributed by atoms with Crippen LogP contribution in [-0.2, 0) is 13.1 Å². The van der Waals surface area contributed by atoms with Crippen LogP contribution in [0.4, 0.5) is 4.39 Å². The molecule has 4 rings (SSSR count). The zero-order chi connectivity index (χ0) is 20.9. The van der Waals surface area contributed by atoms with E-state index in [1.165, 1.54) is 12.5 Å². The van der Waals surface area contributed by atoms with Gasteiger partial charge in [0.15, 0.2) is 0 Å². The standard InChI is InChI=1S/C25H26ClFN2O/c26-24-14-5-4-13-23(24)25(30)29(21-10-2-1-3-11-21)18-22-12-7-15-28(22)17-19-8-6-9-20(27)16-19/h4-9,12-16,21H,1-3,10-11,17-18H2. The van der Waals surface area contributed by atoms with E-state index in [2.05, 4.69) is 4.57 Å². The first-order valence-electron chi connectivity index (χ1n) is 10.6. The summed E-state index contributed by atoms with van der Waals surface area (Å²) in [5.41, 5.74) is 2.48. The third-order valence-corrected chi connectivity index (χ3v) is 6.21. The predicted molar refractivity (Wildman–Crippen MR) is 118 cm³/mol. The summed E-state index contributed by atoms with van der Waals surface area (Å²) in [5, 5.41) is 0.485. The highest BCUT2D eigenvalue weighted by Gasteiger charge is 2.28. The van der Waals surface area contributed by atoms with Crippen LogP contribution in [0.1, 0.15) is 53.7 Å². The van der Waals surface area contributed by atoms with Crippen LogP contribution in [0.2, 0.25) is 5.02 Å². The summed E-state index contributed by atoms with van der Waals surface area (Å²) >= 11 is 6.35. The molecule has 0 N–H and O–H groups in total. The number of carbonyl (C=O) groups excluding carboxylic acids is 1. The average molecular weight is 425 g/mol. The van der Waals surface area contributed by atoms with Crippen molar-refractivity contribution >= 4 is 17.5 Å². The van der Waals surface area contributed by atoms with E-state index in [1.54, 1.807) is 24.3 Å². The average Bonchev–Trinajstić information content (AvgIpc) is 3.19. The van der Waals surface area contributed by atoms with E-state index in [0.717, 1.165) is 36.9 Å². The highest BCUT2D eigenvalue weighted by molar-refractivity contribution is 6.33. The smallest absolute Gasteiger partial charge is 0.255 e. The summed E-state index contributed by atoms with van der Waals surface area (Å²) in [6, 6.07) is 18.1. The summed E-state index contributed by atoms with van der Waals surface area (Å²) < 4.78 is 15.7. The molecule has 1 amide bonds. The molecule has 0 unspecified atom stereocenters. The van der Waals surface area contributed by atoms with E-state index >= 15 is 0 Å². The Balaban J connectivity index is 1.60. The van der Waals surface area contributed by atoms with E-state index < -0.39 is 0 Å². The normalized spacial score (nSPS) is 14.6. The molecule has 0 atom stereocenters. The zero-order valence-electron chi connectivity index (χ0n) is 16.9. The molecule has 0 aliphatic heterocycles.